The minimum absolute atomic E-state index is 0.125. The Balaban J connectivity index is 1.84. The van der Waals surface area contributed by atoms with Gasteiger partial charge in [0.05, 0.1) is 12.2 Å². The van der Waals surface area contributed by atoms with E-state index in [-0.39, 0.29) is 11.8 Å². The summed E-state index contributed by atoms with van der Waals surface area (Å²) in [6.07, 6.45) is 1.63. The molecule has 2 amide bonds. The molecule has 1 N–H and O–H groups in total. The highest BCUT2D eigenvalue weighted by Crippen LogP contribution is 2.28. The van der Waals surface area contributed by atoms with Crippen molar-refractivity contribution in [2.45, 2.75) is 27.3 Å². The van der Waals surface area contributed by atoms with E-state index in [4.69, 9.17) is 0 Å². The lowest BCUT2D eigenvalue weighted by Gasteiger charge is -2.17. The highest BCUT2D eigenvalue weighted by molar-refractivity contribution is 7.17. The number of anilines is 2. The van der Waals surface area contributed by atoms with E-state index in [2.05, 4.69) is 15.3 Å². The van der Waals surface area contributed by atoms with Crippen LogP contribution in [0.2, 0.25) is 0 Å². The number of hydrogen-bond donors (Lipinski definition) is 1. The highest BCUT2D eigenvalue weighted by Gasteiger charge is 2.22. The summed E-state index contributed by atoms with van der Waals surface area (Å²) in [6, 6.07) is 13.4. The van der Waals surface area contributed by atoms with Crippen LogP contribution in [0.5, 0.6) is 0 Å². The fraction of sp³-hybridized carbons (Fsp3) is 0.200. The number of aryl methyl sites for hydroxylation is 2. The third kappa shape index (κ3) is 4.38. The number of amides is 2. The normalized spacial score (nSPS) is 10.5. The molecule has 138 valence electrons. The van der Waals surface area contributed by atoms with Crippen LogP contribution in [0.3, 0.4) is 0 Å². The molecular formula is C20H20N4O2S. The summed E-state index contributed by atoms with van der Waals surface area (Å²) >= 11 is 1.20. The number of nitrogens with zero attached hydrogens (tertiary/aromatic N) is 3. The number of carbonyl (C=O) groups excluding carboxylic acids is 2. The third-order valence-corrected chi connectivity index (χ3v) is 5.21. The Bertz CT molecular complexity index is 969. The molecule has 0 fully saturated rings. The van der Waals surface area contributed by atoms with Gasteiger partial charge in [0, 0.05) is 13.1 Å². The van der Waals surface area contributed by atoms with Crippen LogP contribution >= 0.6 is 11.3 Å². The molecule has 0 saturated carbocycles. The van der Waals surface area contributed by atoms with E-state index in [1.807, 2.05) is 49.4 Å². The number of nitrogens with one attached hydrogen (secondary N) is 1. The molecule has 0 aliphatic rings. The van der Waals surface area contributed by atoms with Crippen LogP contribution in [0, 0.1) is 13.8 Å². The summed E-state index contributed by atoms with van der Waals surface area (Å²) in [4.78, 5) is 35.5. The molecule has 2 aromatic heterocycles. The molecule has 0 aliphatic carbocycles. The molecule has 2 heterocycles. The molecule has 0 aliphatic heterocycles. The van der Waals surface area contributed by atoms with Crippen molar-refractivity contribution in [2.24, 2.45) is 0 Å². The van der Waals surface area contributed by atoms with Crippen molar-refractivity contribution in [3.63, 3.8) is 0 Å². The molecule has 0 bridgehead atoms. The van der Waals surface area contributed by atoms with Crippen LogP contribution in [0.25, 0.3) is 0 Å². The SMILES string of the molecule is CC(=O)N(Cc1ccccc1)c1nc(C)c(C(=O)Nc2ncccc2C)s1. The maximum absolute atomic E-state index is 12.7. The monoisotopic (exact) mass is 380 g/mol. The van der Waals surface area contributed by atoms with Crippen molar-refractivity contribution in [2.75, 3.05) is 10.2 Å². The minimum Gasteiger partial charge on any atom is -0.306 e. The van der Waals surface area contributed by atoms with Crippen molar-refractivity contribution in [1.29, 1.82) is 0 Å². The zero-order valence-corrected chi connectivity index (χ0v) is 16.2. The predicted molar refractivity (Wildman–Crippen MR) is 107 cm³/mol. The number of benzene rings is 1. The van der Waals surface area contributed by atoms with Crippen LogP contribution in [0.15, 0.2) is 48.7 Å². The Kier molecular flexibility index (Phi) is 5.61. The quantitative estimate of drug-likeness (QED) is 0.727. The van der Waals surface area contributed by atoms with E-state index < -0.39 is 0 Å². The van der Waals surface area contributed by atoms with Gasteiger partial charge in [-0.2, -0.15) is 0 Å². The van der Waals surface area contributed by atoms with Crippen molar-refractivity contribution in [1.82, 2.24) is 9.97 Å². The largest absolute Gasteiger partial charge is 0.306 e. The lowest BCUT2D eigenvalue weighted by Crippen LogP contribution is -2.27. The van der Waals surface area contributed by atoms with Crippen LogP contribution in [0.4, 0.5) is 10.9 Å². The first-order valence-electron chi connectivity index (χ1n) is 8.48. The lowest BCUT2D eigenvalue weighted by atomic mass is 10.2. The average molecular weight is 380 g/mol. The summed E-state index contributed by atoms with van der Waals surface area (Å²) in [5.74, 6) is 0.117. The Labute approximate surface area is 161 Å². The summed E-state index contributed by atoms with van der Waals surface area (Å²) < 4.78 is 0. The van der Waals surface area contributed by atoms with Gasteiger partial charge in [0.15, 0.2) is 5.13 Å². The summed E-state index contributed by atoms with van der Waals surface area (Å²) in [5, 5.41) is 3.32. The van der Waals surface area contributed by atoms with E-state index in [1.54, 1.807) is 18.0 Å². The molecule has 0 spiro atoms. The first kappa shape index (κ1) is 18.7. The molecule has 3 rings (SSSR count). The molecule has 0 radical (unpaired) electrons. The van der Waals surface area contributed by atoms with E-state index in [1.165, 1.54) is 18.3 Å². The fourth-order valence-electron chi connectivity index (χ4n) is 2.57. The number of hydrogen-bond acceptors (Lipinski definition) is 5. The van der Waals surface area contributed by atoms with Crippen molar-refractivity contribution >= 4 is 34.1 Å². The van der Waals surface area contributed by atoms with Gasteiger partial charge in [0.25, 0.3) is 5.91 Å². The summed E-state index contributed by atoms with van der Waals surface area (Å²) in [6.45, 7) is 5.55. The number of aromatic nitrogens is 2. The Morgan fingerprint density at radius 3 is 2.52 bits per heavy atom. The topological polar surface area (TPSA) is 75.2 Å². The molecule has 27 heavy (non-hydrogen) atoms. The van der Waals surface area contributed by atoms with Crippen molar-refractivity contribution in [3.05, 3.63) is 70.4 Å². The number of rotatable bonds is 5. The molecule has 6 nitrogen and oxygen atoms in total. The van der Waals surface area contributed by atoms with Gasteiger partial charge >= 0.3 is 0 Å². The zero-order valence-electron chi connectivity index (χ0n) is 15.4. The van der Waals surface area contributed by atoms with Crippen molar-refractivity contribution in [3.8, 4) is 0 Å². The Morgan fingerprint density at radius 2 is 1.85 bits per heavy atom. The number of carbonyl (C=O) groups is 2. The molecular weight excluding hydrogens is 360 g/mol. The van der Waals surface area contributed by atoms with Gasteiger partial charge in [-0.15, -0.1) is 0 Å². The van der Waals surface area contributed by atoms with Gasteiger partial charge in [0.2, 0.25) is 5.91 Å². The third-order valence-electron chi connectivity index (χ3n) is 4.03. The minimum atomic E-state index is -0.277. The van der Waals surface area contributed by atoms with Gasteiger partial charge in [-0.3, -0.25) is 14.5 Å². The van der Waals surface area contributed by atoms with E-state index >= 15 is 0 Å². The molecule has 0 saturated heterocycles. The zero-order chi connectivity index (χ0) is 19.4. The molecule has 0 atom stereocenters. The molecule has 3 aromatic rings. The maximum Gasteiger partial charge on any atom is 0.268 e. The summed E-state index contributed by atoms with van der Waals surface area (Å²) in [5.41, 5.74) is 2.46. The van der Waals surface area contributed by atoms with E-state index in [9.17, 15) is 9.59 Å². The number of pyridine rings is 1. The Morgan fingerprint density at radius 1 is 1.11 bits per heavy atom. The van der Waals surface area contributed by atoms with Crippen LogP contribution in [0.1, 0.15) is 33.4 Å². The van der Waals surface area contributed by atoms with Gasteiger partial charge in [-0.25, -0.2) is 9.97 Å². The predicted octanol–water partition coefficient (Wildman–Crippen LogP) is 3.96. The van der Waals surface area contributed by atoms with E-state index in [0.717, 1.165) is 11.1 Å². The highest BCUT2D eigenvalue weighted by atomic mass is 32.1. The first-order valence-corrected chi connectivity index (χ1v) is 9.30. The number of thiazole rings is 1. The lowest BCUT2D eigenvalue weighted by molar-refractivity contribution is -0.116. The maximum atomic E-state index is 12.7. The standard InChI is InChI=1S/C20H20N4O2S/c1-13-8-7-11-21-18(13)23-19(26)17-14(2)22-20(27-17)24(15(3)25)12-16-9-5-4-6-10-16/h4-11H,12H2,1-3H3,(H,21,23,26). The van der Waals surface area contributed by atoms with Gasteiger partial charge in [-0.05, 0) is 31.0 Å². The first-order chi connectivity index (χ1) is 13.0. The van der Waals surface area contributed by atoms with Crippen LogP contribution in [-0.2, 0) is 11.3 Å². The van der Waals surface area contributed by atoms with E-state index in [0.29, 0.717) is 28.1 Å². The second-order valence-electron chi connectivity index (χ2n) is 6.12. The smallest absolute Gasteiger partial charge is 0.268 e. The fourth-order valence-corrected chi connectivity index (χ4v) is 3.57. The second-order valence-corrected chi connectivity index (χ2v) is 7.10. The van der Waals surface area contributed by atoms with Crippen LogP contribution in [-0.4, -0.2) is 21.8 Å². The van der Waals surface area contributed by atoms with Crippen molar-refractivity contribution < 1.29 is 9.59 Å². The second kappa shape index (κ2) is 8.09. The van der Waals surface area contributed by atoms with Gasteiger partial charge < -0.3 is 5.32 Å². The average Bonchev–Trinajstić information content (AvgIpc) is 3.03. The molecule has 0 unspecified atom stereocenters. The Hall–Kier alpha value is -3.06. The van der Waals surface area contributed by atoms with Gasteiger partial charge in [0.1, 0.15) is 10.7 Å². The van der Waals surface area contributed by atoms with Crippen LogP contribution < -0.4 is 10.2 Å². The molecule has 1 aromatic carbocycles. The summed E-state index contributed by atoms with van der Waals surface area (Å²) in [7, 11) is 0. The molecule has 7 heteroatoms. The van der Waals surface area contributed by atoms with Gasteiger partial charge in [-0.1, -0.05) is 47.7 Å².